The van der Waals surface area contributed by atoms with Crippen LogP contribution in [0.25, 0.3) is 10.8 Å². The lowest BCUT2D eigenvalue weighted by molar-refractivity contribution is 0.102. The molecule has 4 rings (SSSR count). The molecule has 1 atom stereocenters. The summed E-state index contributed by atoms with van der Waals surface area (Å²) in [4.78, 5) is 13.0. The largest absolute Gasteiger partial charge is 0.398 e. The number of nitrogens with one attached hydrogen (secondary N) is 2. The van der Waals surface area contributed by atoms with Gasteiger partial charge < -0.3 is 11.1 Å². The Hall–Kier alpha value is -3.68. The van der Waals surface area contributed by atoms with Gasteiger partial charge in [-0.2, -0.15) is 0 Å². The summed E-state index contributed by atoms with van der Waals surface area (Å²) in [6.07, 6.45) is 0. The topological polar surface area (TPSA) is 101 Å². The summed E-state index contributed by atoms with van der Waals surface area (Å²) < 4.78 is 29.3. The van der Waals surface area contributed by atoms with Gasteiger partial charge in [0.25, 0.3) is 5.91 Å². The van der Waals surface area contributed by atoms with Crippen molar-refractivity contribution in [1.29, 1.82) is 0 Å². The van der Waals surface area contributed by atoms with Crippen molar-refractivity contribution in [3.05, 3.63) is 102 Å². The van der Waals surface area contributed by atoms with Gasteiger partial charge in [0, 0.05) is 33.8 Å². The first-order valence-electron chi connectivity index (χ1n) is 10.5. The predicted molar refractivity (Wildman–Crippen MR) is 133 cm³/mol. The van der Waals surface area contributed by atoms with Crippen LogP contribution in [0.2, 0.25) is 0 Å². The number of nitrogen functional groups attached to an aromatic ring is 1. The van der Waals surface area contributed by atoms with Crippen LogP contribution in [0, 0.1) is 6.92 Å². The average molecular weight is 460 g/mol. The highest BCUT2D eigenvalue weighted by atomic mass is 32.2. The third-order valence-corrected chi connectivity index (χ3v) is 7.20. The molecule has 1 amide bonds. The molecule has 1 unspecified atom stereocenters. The summed E-state index contributed by atoms with van der Waals surface area (Å²) in [5, 5.41) is 4.07. The molecule has 0 aliphatic carbocycles. The number of amides is 1. The number of hydrogen-bond acceptors (Lipinski definition) is 4. The highest BCUT2D eigenvalue weighted by Gasteiger charge is 2.23. The lowest BCUT2D eigenvalue weighted by Gasteiger charge is -2.18. The fraction of sp³-hybridized carbons (Fsp3) is 0.115. The molecular weight excluding hydrogens is 434 g/mol. The van der Waals surface area contributed by atoms with Crippen molar-refractivity contribution in [3.8, 4) is 0 Å². The molecule has 0 fully saturated rings. The van der Waals surface area contributed by atoms with Crippen molar-refractivity contribution in [2.75, 3.05) is 11.1 Å². The van der Waals surface area contributed by atoms with Gasteiger partial charge in [-0.1, -0.05) is 60.7 Å². The smallest absolute Gasteiger partial charge is 0.255 e. The Morgan fingerprint density at radius 3 is 2.21 bits per heavy atom. The number of nitrogens with two attached hydrogens (primary N) is 1. The van der Waals surface area contributed by atoms with Crippen LogP contribution in [-0.2, 0) is 10.0 Å². The Morgan fingerprint density at radius 2 is 1.48 bits per heavy atom. The van der Waals surface area contributed by atoms with Gasteiger partial charge in [-0.3, -0.25) is 4.79 Å². The molecule has 0 spiro atoms. The number of hydrogen-bond donors (Lipinski definition) is 3. The fourth-order valence-electron chi connectivity index (χ4n) is 3.90. The second kappa shape index (κ2) is 9.05. The summed E-state index contributed by atoms with van der Waals surface area (Å²) in [7, 11) is -3.87. The van der Waals surface area contributed by atoms with Crippen LogP contribution in [0.3, 0.4) is 0 Å². The maximum atomic E-state index is 13.3. The summed E-state index contributed by atoms with van der Waals surface area (Å²) in [6, 6.07) is 24.2. The average Bonchev–Trinajstić information content (AvgIpc) is 2.79. The monoisotopic (exact) mass is 459 g/mol. The van der Waals surface area contributed by atoms with E-state index in [9.17, 15) is 13.2 Å². The summed E-state index contributed by atoms with van der Waals surface area (Å²) >= 11 is 0. The van der Waals surface area contributed by atoms with Crippen LogP contribution < -0.4 is 15.8 Å². The van der Waals surface area contributed by atoms with Crippen LogP contribution in [0.15, 0.2) is 89.8 Å². The van der Waals surface area contributed by atoms with Crippen LogP contribution >= 0.6 is 0 Å². The zero-order valence-corrected chi connectivity index (χ0v) is 19.2. The maximum Gasteiger partial charge on any atom is 0.255 e. The van der Waals surface area contributed by atoms with Gasteiger partial charge in [0.05, 0.1) is 4.90 Å². The molecule has 6 nitrogen and oxygen atoms in total. The molecule has 0 aliphatic heterocycles. The van der Waals surface area contributed by atoms with Crippen LogP contribution in [0.5, 0.6) is 0 Å². The number of carbonyl (C=O) groups is 1. The van der Waals surface area contributed by atoms with Crippen molar-refractivity contribution < 1.29 is 13.2 Å². The third-order valence-electron chi connectivity index (χ3n) is 5.61. The van der Waals surface area contributed by atoms with Crippen molar-refractivity contribution in [2.24, 2.45) is 0 Å². The quantitative estimate of drug-likeness (QED) is 0.352. The van der Waals surface area contributed by atoms with E-state index in [-0.39, 0.29) is 10.8 Å². The molecule has 0 heterocycles. The minimum Gasteiger partial charge on any atom is -0.398 e. The Bertz CT molecular complexity index is 1450. The van der Waals surface area contributed by atoms with E-state index in [0.29, 0.717) is 33.3 Å². The van der Waals surface area contributed by atoms with Gasteiger partial charge in [0.2, 0.25) is 10.0 Å². The van der Waals surface area contributed by atoms with Crippen molar-refractivity contribution in [2.45, 2.75) is 24.8 Å². The summed E-state index contributed by atoms with van der Waals surface area (Å²) in [6.45, 7) is 3.62. The molecule has 0 saturated heterocycles. The first kappa shape index (κ1) is 22.5. The number of sulfonamides is 1. The van der Waals surface area contributed by atoms with E-state index >= 15 is 0 Å². The van der Waals surface area contributed by atoms with E-state index in [1.165, 1.54) is 6.07 Å². The SMILES string of the molecule is Cc1ccccc1C(=O)Nc1ccc(S(=O)(=O)NC(C)c2ccccc2N)c2ccccc12. The Kier molecular flexibility index (Phi) is 6.18. The zero-order valence-electron chi connectivity index (χ0n) is 18.4. The van der Waals surface area contributed by atoms with Gasteiger partial charge >= 0.3 is 0 Å². The number of fused-ring (bicyclic) bond motifs is 1. The van der Waals surface area contributed by atoms with Crippen molar-refractivity contribution in [3.63, 3.8) is 0 Å². The van der Waals surface area contributed by atoms with E-state index in [1.807, 2.05) is 37.3 Å². The third kappa shape index (κ3) is 4.60. The lowest BCUT2D eigenvalue weighted by Crippen LogP contribution is -2.27. The van der Waals surface area contributed by atoms with E-state index in [1.54, 1.807) is 55.5 Å². The molecule has 0 aliphatic rings. The van der Waals surface area contributed by atoms with Gasteiger partial charge in [0.15, 0.2) is 0 Å². The lowest BCUT2D eigenvalue weighted by atomic mass is 10.1. The Morgan fingerprint density at radius 1 is 0.848 bits per heavy atom. The minimum absolute atomic E-state index is 0.133. The maximum absolute atomic E-state index is 13.3. The van der Waals surface area contributed by atoms with Gasteiger partial charge in [0.1, 0.15) is 0 Å². The summed E-state index contributed by atoms with van der Waals surface area (Å²) in [5.74, 6) is -0.250. The number of rotatable bonds is 6. The fourth-order valence-corrected chi connectivity index (χ4v) is 5.33. The standard InChI is InChI=1S/C26H25N3O3S/c1-17-9-3-4-10-19(17)26(30)28-24-15-16-25(22-13-6-5-12-21(22)24)33(31,32)29-18(2)20-11-7-8-14-23(20)27/h3-16,18,29H,27H2,1-2H3,(H,28,30). The van der Waals surface area contributed by atoms with Gasteiger partial charge in [-0.05, 0) is 49.2 Å². The molecule has 33 heavy (non-hydrogen) atoms. The molecule has 0 radical (unpaired) electrons. The molecule has 0 bridgehead atoms. The molecule has 7 heteroatoms. The zero-order chi connectivity index (χ0) is 23.6. The van der Waals surface area contributed by atoms with Crippen LogP contribution in [0.1, 0.15) is 34.5 Å². The second-order valence-electron chi connectivity index (χ2n) is 7.90. The molecule has 0 aromatic heterocycles. The predicted octanol–water partition coefficient (Wildman–Crippen LogP) is 5.02. The van der Waals surface area contributed by atoms with E-state index in [4.69, 9.17) is 5.73 Å². The number of carbonyl (C=O) groups excluding carboxylic acids is 1. The Balaban J connectivity index is 1.69. The number of benzene rings is 4. The van der Waals surface area contributed by atoms with Crippen LogP contribution in [-0.4, -0.2) is 14.3 Å². The number of para-hydroxylation sites is 1. The molecule has 4 aromatic carbocycles. The first-order chi connectivity index (χ1) is 15.8. The van der Waals surface area contributed by atoms with Gasteiger partial charge in [-0.25, -0.2) is 13.1 Å². The van der Waals surface area contributed by atoms with Gasteiger partial charge in [-0.15, -0.1) is 0 Å². The number of anilines is 2. The Labute approximate surface area is 193 Å². The number of aryl methyl sites for hydroxylation is 1. The molecule has 168 valence electrons. The highest BCUT2D eigenvalue weighted by Crippen LogP contribution is 2.31. The van der Waals surface area contributed by atoms with E-state index < -0.39 is 16.1 Å². The first-order valence-corrected chi connectivity index (χ1v) is 12.0. The van der Waals surface area contributed by atoms with Crippen LogP contribution in [0.4, 0.5) is 11.4 Å². The second-order valence-corrected chi connectivity index (χ2v) is 9.58. The molecule has 4 N–H and O–H groups in total. The normalized spacial score (nSPS) is 12.4. The molecule has 4 aromatic rings. The van der Waals surface area contributed by atoms with E-state index in [2.05, 4.69) is 10.0 Å². The molecular formula is C26H25N3O3S. The summed E-state index contributed by atoms with van der Waals surface area (Å²) in [5.41, 5.74) is 9.20. The molecule has 0 saturated carbocycles. The minimum atomic E-state index is -3.87. The van der Waals surface area contributed by atoms with Crippen molar-refractivity contribution >= 4 is 38.1 Å². The van der Waals surface area contributed by atoms with E-state index in [0.717, 1.165) is 5.56 Å². The highest BCUT2D eigenvalue weighted by molar-refractivity contribution is 7.89. The van der Waals surface area contributed by atoms with Crippen molar-refractivity contribution in [1.82, 2.24) is 4.72 Å².